The molecule has 1 aliphatic rings. The number of nitrogens with one attached hydrogen (secondary N) is 3. The number of amides is 2. The molecule has 1 aliphatic heterocycles. The Morgan fingerprint density at radius 3 is 2.68 bits per heavy atom. The number of fused-ring (bicyclic) bond motifs is 2. The van der Waals surface area contributed by atoms with E-state index in [4.69, 9.17) is 4.74 Å². The Hall–Kier alpha value is -3.85. The van der Waals surface area contributed by atoms with Gasteiger partial charge >= 0.3 is 12.0 Å². The number of pyridine rings is 1. The molecule has 0 saturated carbocycles. The highest BCUT2D eigenvalue weighted by Crippen LogP contribution is 2.41. The van der Waals surface area contributed by atoms with E-state index in [2.05, 4.69) is 41.4 Å². The van der Waals surface area contributed by atoms with Gasteiger partial charge in [0.15, 0.2) is 6.04 Å². The second-order valence-electron chi connectivity index (χ2n) is 10.4. The van der Waals surface area contributed by atoms with Gasteiger partial charge in [0.2, 0.25) is 0 Å². The highest BCUT2D eigenvalue weighted by molar-refractivity contribution is 9.10. The molecule has 1 atom stereocenters. The van der Waals surface area contributed by atoms with Crippen LogP contribution in [-0.2, 0) is 16.0 Å². The first-order chi connectivity index (χ1) is 18.1. The smallest absolute Gasteiger partial charge is 0.334 e. The minimum atomic E-state index is -0.677. The summed E-state index contributed by atoms with van der Waals surface area (Å²) >= 11 is 3.49. The number of carbonyl (C=O) groups is 2. The molecule has 0 bridgehead atoms. The molecule has 38 heavy (non-hydrogen) atoms. The number of aromatic nitrogens is 2. The van der Waals surface area contributed by atoms with E-state index in [0.29, 0.717) is 30.0 Å². The number of hydrogen-bond donors (Lipinski definition) is 3. The summed E-state index contributed by atoms with van der Waals surface area (Å²) in [6.45, 7) is 8.17. The van der Waals surface area contributed by atoms with Crippen LogP contribution in [0.5, 0.6) is 0 Å². The van der Waals surface area contributed by atoms with Crippen molar-refractivity contribution in [1.29, 1.82) is 0 Å². The Kier molecular flexibility index (Phi) is 6.88. The average Bonchev–Trinajstić information content (AvgIpc) is 3.49. The first kappa shape index (κ1) is 25.8. The van der Waals surface area contributed by atoms with Gasteiger partial charge in [-0.3, -0.25) is 0 Å². The number of rotatable bonds is 5. The number of ether oxygens (including phenoxy) is 1. The van der Waals surface area contributed by atoms with E-state index in [1.807, 2.05) is 82.4 Å². The number of nitrogens with zero attached hydrogens (tertiary/aromatic N) is 2. The van der Waals surface area contributed by atoms with Crippen molar-refractivity contribution in [3.63, 3.8) is 0 Å². The molecule has 0 radical (unpaired) electrons. The number of urea groups is 1. The quantitative estimate of drug-likeness (QED) is 0.229. The third kappa shape index (κ3) is 5.24. The van der Waals surface area contributed by atoms with Crippen LogP contribution in [0.3, 0.4) is 0 Å². The Balaban J connectivity index is 1.48. The lowest BCUT2D eigenvalue weighted by Gasteiger charge is -2.32. The maximum absolute atomic E-state index is 13.7. The molecule has 0 aliphatic carbocycles. The minimum absolute atomic E-state index is 0.334. The van der Waals surface area contributed by atoms with Crippen LogP contribution in [-0.4, -0.2) is 34.1 Å². The number of aromatic amines is 1. The van der Waals surface area contributed by atoms with Crippen LogP contribution in [0, 0.1) is 6.92 Å². The van der Waals surface area contributed by atoms with E-state index in [1.165, 1.54) is 0 Å². The zero-order chi connectivity index (χ0) is 27.0. The summed E-state index contributed by atoms with van der Waals surface area (Å²) < 4.78 is 6.70. The summed E-state index contributed by atoms with van der Waals surface area (Å²) in [6.07, 6.45) is 4.19. The van der Waals surface area contributed by atoms with E-state index in [0.717, 1.165) is 32.2 Å². The van der Waals surface area contributed by atoms with Crippen LogP contribution >= 0.6 is 15.9 Å². The predicted molar refractivity (Wildman–Crippen MR) is 154 cm³/mol. The average molecular weight is 576 g/mol. The predicted octanol–water partition coefficient (Wildman–Crippen LogP) is 6.72. The third-order valence-corrected chi connectivity index (χ3v) is 7.10. The molecule has 9 heteroatoms. The molecule has 8 nitrogen and oxygen atoms in total. The van der Waals surface area contributed by atoms with Gasteiger partial charge in [0, 0.05) is 45.7 Å². The maximum atomic E-state index is 13.7. The zero-order valence-electron chi connectivity index (χ0n) is 21.8. The van der Waals surface area contributed by atoms with Crippen LogP contribution in [0.15, 0.2) is 65.4 Å². The van der Waals surface area contributed by atoms with Crippen molar-refractivity contribution >= 4 is 56.0 Å². The second kappa shape index (κ2) is 10.1. The summed E-state index contributed by atoms with van der Waals surface area (Å²) in [6, 6.07) is 14.3. The third-order valence-electron chi connectivity index (χ3n) is 6.41. The molecule has 3 heterocycles. The van der Waals surface area contributed by atoms with Gasteiger partial charge in [0.05, 0.1) is 5.69 Å². The number of hydrogen-bond acceptors (Lipinski definition) is 5. The van der Waals surface area contributed by atoms with Crippen molar-refractivity contribution in [3.05, 3.63) is 82.1 Å². The van der Waals surface area contributed by atoms with Gasteiger partial charge < -0.3 is 25.3 Å². The Bertz CT molecular complexity index is 1520. The van der Waals surface area contributed by atoms with Gasteiger partial charge in [-0.15, -0.1) is 0 Å². The Labute approximate surface area is 229 Å². The first-order valence-corrected chi connectivity index (χ1v) is 13.3. The molecule has 2 aromatic carbocycles. The molecule has 0 fully saturated rings. The maximum Gasteiger partial charge on any atom is 0.334 e. The van der Waals surface area contributed by atoms with E-state index in [1.54, 1.807) is 6.20 Å². The minimum Gasteiger partial charge on any atom is -0.458 e. The lowest BCUT2D eigenvalue weighted by Crippen LogP contribution is -2.37. The van der Waals surface area contributed by atoms with Crippen molar-refractivity contribution < 1.29 is 14.3 Å². The summed E-state index contributed by atoms with van der Waals surface area (Å²) in [5, 5.41) is 6.79. The number of H-pyrrole nitrogens is 1. The molecule has 3 N–H and O–H groups in total. The number of halogens is 1. The number of benzene rings is 2. The van der Waals surface area contributed by atoms with Gasteiger partial charge in [0.25, 0.3) is 0 Å². The molecule has 0 spiro atoms. The summed E-state index contributed by atoms with van der Waals surface area (Å²) in [4.78, 5) is 36.2. The first-order valence-electron chi connectivity index (χ1n) is 12.5. The van der Waals surface area contributed by atoms with Gasteiger partial charge in [-0.1, -0.05) is 12.1 Å². The Morgan fingerprint density at radius 1 is 1.11 bits per heavy atom. The lowest BCUT2D eigenvalue weighted by molar-refractivity contribution is -0.156. The van der Waals surface area contributed by atoms with Crippen molar-refractivity contribution in [2.24, 2.45) is 0 Å². The fourth-order valence-corrected chi connectivity index (χ4v) is 5.20. The summed E-state index contributed by atoms with van der Waals surface area (Å²) in [7, 11) is 0. The molecular formula is C29H30BrN5O3. The van der Waals surface area contributed by atoms with Crippen molar-refractivity contribution in [2.45, 2.75) is 45.8 Å². The SMILES string of the molecule is Cc1ccc(Br)c(NC(=O)Nc2cccc3c2CCN3C(C(=O)OC(C)(C)C)c2ccnc3[nH]ccc23)c1. The fraction of sp³-hybridized carbons (Fsp3) is 0.276. The van der Waals surface area contributed by atoms with Crippen LogP contribution in [0.2, 0.25) is 0 Å². The van der Waals surface area contributed by atoms with Crippen molar-refractivity contribution in [3.8, 4) is 0 Å². The van der Waals surface area contributed by atoms with E-state index in [9.17, 15) is 9.59 Å². The molecule has 0 saturated heterocycles. The van der Waals surface area contributed by atoms with Crippen LogP contribution in [0.25, 0.3) is 11.0 Å². The number of anilines is 3. The second-order valence-corrected chi connectivity index (χ2v) is 11.2. The molecule has 2 aromatic heterocycles. The molecular weight excluding hydrogens is 546 g/mol. The molecule has 5 rings (SSSR count). The van der Waals surface area contributed by atoms with Crippen LogP contribution in [0.1, 0.15) is 43.5 Å². The van der Waals surface area contributed by atoms with Crippen LogP contribution < -0.4 is 15.5 Å². The Morgan fingerprint density at radius 2 is 1.89 bits per heavy atom. The van der Waals surface area contributed by atoms with Gasteiger partial charge in [0.1, 0.15) is 11.2 Å². The highest BCUT2D eigenvalue weighted by atomic mass is 79.9. The molecule has 196 valence electrons. The topological polar surface area (TPSA) is 99.3 Å². The van der Waals surface area contributed by atoms with E-state index >= 15 is 0 Å². The van der Waals surface area contributed by atoms with Crippen LogP contribution in [0.4, 0.5) is 21.9 Å². The van der Waals surface area contributed by atoms with E-state index in [-0.39, 0.29) is 12.0 Å². The zero-order valence-corrected chi connectivity index (χ0v) is 23.3. The molecule has 2 amide bonds. The highest BCUT2D eigenvalue weighted by Gasteiger charge is 2.37. The van der Waals surface area contributed by atoms with Gasteiger partial charge in [-0.25, -0.2) is 14.6 Å². The van der Waals surface area contributed by atoms with Crippen molar-refractivity contribution in [2.75, 3.05) is 22.1 Å². The number of carbonyl (C=O) groups excluding carboxylic acids is 2. The summed E-state index contributed by atoms with van der Waals surface area (Å²) in [5.74, 6) is -0.334. The number of aryl methyl sites for hydroxylation is 1. The summed E-state index contributed by atoms with van der Waals surface area (Å²) in [5.41, 5.74) is 5.18. The standard InChI is InChI=1S/C29H30BrN5O3/c1-17-8-9-21(30)23(16-17)34-28(37)33-22-6-5-7-24-20(22)12-15-35(24)25(27(36)38-29(2,3)4)18-10-13-31-26-19(18)11-14-32-26/h5-11,13-14,16,25H,12,15H2,1-4H3,(H,31,32)(H2,33,34,37). The van der Waals surface area contributed by atoms with Crippen molar-refractivity contribution in [1.82, 2.24) is 9.97 Å². The van der Waals surface area contributed by atoms with Gasteiger partial charge in [-0.2, -0.15) is 0 Å². The number of esters is 1. The van der Waals surface area contributed by atoms with Gasteiger partial charge in [-0.05, 0) is 97.6 Å². The van der Waals surface area contributed by atoms with E-state index < -0.39 is 11.6 Å². The normalized spacial score (nSPS) is 13.8. The fourth-order valence-electron chi connectivity index (χ4n) is 4.86. The largest absolute Gasteiger partial charge is 0.458 e. The monoisotopic (exact) mass is 575 g/mol. The lowest BCUT2D eigenvalue weighted by atomic mass is 10.0. The molecule has 1 unspecified atom stereocenters. The molecule has 4 aromatic rings.